The van der Waals surface area contributed by atoms with E-state index >= 15 is 0 Å². The van der Waals surface area contributed by atoms with E-state index in [9.17, 15) is 0 Å². The molecule has 0 aliphatic rings. The molecule has 4 aromatic heterocycles. The molecule has 0 fully saturated rings. The molecule has 0 radical (unpaired) electrons. The van der Waals surface area contributed by atoms with Crippen molar-refractivity contribution < 1.29 is 8.83 Å². The van der Waals surface area contributed by atoms with Gasteiger partial charge in [-0.05, 0) is 63.0 Å². The normalized spacial score (nSPS) is 11.8. The fraction of sp³-hybridized carbons (Fsp3) is 0. The molecular weight excluding hydrogens is 641 g/mol. The van der Waals surface area contributed by atoms with Gasteiger partial charge in [0.25, 0.3) is 0 Å². The van der Waals surface area contributed by atoms with Gasteiger partial charge in [0.2, 0.25) is 0 Å². The second-order valence-electron chi connectivity index (χ2n) is 13.0. The molecule has 0 aliphatic carbocycles. The molecule has 0 saturated carbocycles. The topological polar surface area (TPSA) is 77.8 Å². The second kappa shape index (κ2) is 11.2. The quantitative estimate of drug-likeness (QED) is 0.186. The monoisotopic (exact) mass is 666 g/mol. The first kappa shape index (κ1) is 28.6. The van der Waals surface area contributed by atoms with Crippen molar-refractivity contribution in [3.05, 3.63) is 158 Å². The highest BCUT2D eigenvalue weighted by Crippen LogP contribution is 2.40. The van der Waals surface area contributed by atoms with E-state index in [-0.39, 0.29) is 0 Å². The van der Waals surface area contributed by atoms with E-state index in [1.807, 2.05) is 72.9 Å². The Hall–Kier alpha value is -7.18. The molecular formula is C46H26N4O2. The number of hydrogen-bond donors (Lipinski definition) is 0. The molecule has 0 amide bonds. The summed E-state index contributed by atoms with van der Waals surface area (Å²) in [6.07, 6.45) is 3.65. The van der Waals surface area contributed by atoms with E-state index in [2.05, 4.69) is 83.8 Å². The molecule has 0 aliphatic heterocycles. The molecule has 0 spiro atoms. The number of furan rings is 2. The maximum Gasteiger partial charge on any atom is 0.164 e. The van der Waals surface area contributed by atoms with Crippen LogP contribution in [-0.2, 0) is 0 Å². The van der Waals surface area contributed by atoms with Crippen molar-refractivity contribution in [2.45, 2.75) is 0 Å². The first-order valence-electron chi connectivity index (χ1n) is 17.2. The van der Waals surface area contributed by atoms with Crippen LogP contribution in [0.4, 0.5) is 0 Å². The summed E-state index contributed by atoms with van der Waals surface area (Å²) in [7, 11) is 0. The first-order valence-corrected chi connectivity index (χ1v) is 17.2. The van der Waals surface area contributed by atoms with Crippen LogP contribution in [0.2, 0.25) is 0 Å². The fourth-order valence-electron chi connectivity index (χ4n) is 7.67. The maximum atomic E-state index is 6.23. The van der Waals surface area contributed by atoms with Crippen molar-refractivity contribution >= 4 is 65.4 Å². The number of fused-ring (bicyclic) bond motifs is 9. The van der Waals surface area contributed by atoms with Crippen LogP contribution >= 0.6 is 0 Å². The summed E-state index contributed by atoms with van der Waals surface area (Å²) in [5, 5.41) is 8.58. The highest BCUT2D eigenvalue weighted by atomic mass is 16.3. The lowest BCUT2D eigenvalue weighted by Crippen LogP contribution is -2.00. The summed E-state index contributed by atoms with van der Waals surface area (Å²) in [6.45, 7) is 0. The Bertz CT molecular complexity index is 3200. The summed E-state index contributed by atoms with van der Waals surface area (Å²) in [5.41, 5.74) is 8.37. The number of pyridine rings is 1. The van der Waals surface area contributed by atoms with Crippen molar-refractivity contribution in [1.29, 1.82) is 0 Å². The van der Waals surface area contributed by atoms with Crippen LogP contribution < -0.4 is 0 Å². The summed E-state index contributed by atoms with van der Waals surface area (Å²) >= 11 is 0. The van der Waals surface area contributed by atoms with Crippen molar-refractivity contribution in [3.8, 4) is 45.3 Å². The highest BCUT2D eigenvalue weighted by molar-refractivity contribution is 6.21. The van der Waals surface area contributed by atoms with Gasteiger partial charge in [-0.15, -0.1) is 0 Å². The Labute approximate surface area is 296 Å². The van der Waals surface area contributed by atoms with Gasteiger partial charge < -0.3 is 8.83 Å². The van der Waals surface area contributed by atoms with Crippen molar-refractivity contribution in [1.82, 2.24) is 19.9 Å². The average Bonchev–Trinajstić information content (AvgIpc) is 3.79. The van der Waals surface area contributed by atoms with Crippen LogP contribution in [0.25, 0.3) is 111 Å². The zero-order chi connectivity index (χ0) is 34.2. The third kappa shape index (κ3) is 4.38. The standard InChI is InChI=1S/C46H26N4O2/c1-2-9-27(10-3-1)44-48-45(50-46(49-44)36-16-8-18-40-43(36)35-12-4-5-17-38(35)51-40)34-15-6-11-28-25-29(19-20-31(28)34)30-13-7-14-33-32(30)21-22-41-42(33)37-26-47-24-23-39(37)52-41/h1-26H. The molecule has 242 valence electrons. The predicted octanol–water partition coefficient (Wildman–Crippen LogP) is 12.0. The molecule has 0 atom stereocenters. The van der Waals surface area contributed by atoms with E-state index in [4.69, 9.17) is 23.8 Å². The van der Waals surface area contributed by atoms with Crippen LogP contribution in [0.5, 0.6) is 0 Å². The summed E-state index contributed by atoms with van der Waals surface area (Å²) < 4.78 is 12.4. The number of nitrogens with zero attached hydrogens (tertiary/aromatic N) is 4. The number of benzene rings is 7. The van der Waals surface area contributed by atoms with Gasteiger partial charge in [0, 0.05) is 50.6 Å². The van der Waals surface area contributed by atoms with Gasteiger partial charge in [-0.25, -0.2) is 15.0 Å². The zero-order valence-electron chi connectivity index (χ0n) is 27.6. The molecule has 11 rings (SSSR count). The Balaban J connectivity index is 1.10. The van der Waals surface area contributed by atoms with E-state index in [1.165, 1.54) is 0 Å². The van der Waals surface area contributed by atoms with Gasteiger partial charge in [-0.3, -0.25) is 4.98 Å². The van der Waals surface area contributed by atoms with E-state index < -0.39 is 0 Å². The van der Waals surface area contributed by atoms with Gasteiger partial charge in [0.15, 0.2) is 17.5 Å². The minimum Gasteiger partial charge on any atom is -0.456 e. The molecule has 6 nitrogen and oxygen atoms in total. The van der Waals surface area contributed by atoms with Crippen molar-refractivity contribution in [2.24, 2.45) is 0 Å². The summed E-state index contributed by atoms with van der Waals surface area (Å²) in [5.74, 6) is 1.82. The van der Waals surface area contributed by atoms with Crippen LogP contribution in [0.3, 0.4) is 0 Å². The van der Waals surface area contributed by atoms with Crippen molar-refractivity contribution in [2.75, 3.05) is 0 Å². The van der Waals surface area contributed by atoms with Gasteiger partial charge in [-0.2, -0.15) is 0 Å². The summed E-state index contributed by atoms with van der Waals surface area (Å²) in [6, 6.07) is 49.8. The molecule has 4 heterocycles. The maximum absolute atomic E-state index is 6.23. The molecule has 6 heteroatoms. The predicted molar refractivity (Wildman–Crippen MR) is 209 cm³/mol. The lowest BCUT2D eigenvalue weighted by Gasteiger charge is -2.12. The number of rotatable bonds is 4. The van der Waals surface area contributed by atoms with Gasteiger partial charge in [0.1, 0.15) is 22.3 Å². The zero-order valence-corrected chi connectivity index (χ0v) is 27.6. The average molecular weight is 667 g/mol. The molecule has 7 aromatic carbocycles. The highest BCUT2D eigenvalue weighted by Gasteiger charge is 2.19. The smallest absolute Gasteiger partial charge is 0.164 e. The van der Waals surface area contributed by atoms with Crippen LogP contribution in [0.15, 0.2) is 167 Å². The lowest BCUT2D eigenvalue weighted by molar-refractivity contribution is 0.668. The SMILES string of the molecule is c1ccc(-c2nc(-c3cccc4cc(-c5cccc6c5ccc5oc7ccncc7c56)ccc34)nc(-c3cccc4oc5ccccc5c34)n2)cc1. The van der Waals surface area contributed by atoms with Crippen LogP contribution in [0, 0.1) is 0 Å². The molecule has 0 saturated heterocycles. The first-order chi connectivity index (χ1) is 25.8. The Kier molecular flexibility index (Phi) is 6.15. The molecule has 0 unspecified atom stereocenters. The minimum absolute atomic E-state index is 0.596. The summed E-state index contributed by atoms with van der Waals surface area (Å²) in [4.78, 5) is 19.7. The molecule has 0 N–H and O–H groups in total. The van der Waals surface area contributed by atoms with Crippen LogP contribution in [0.1, 0.15) is 0 Å². The lowest BCUT2D eigenvalue weighted by atomic mass is 9.93. The Morgan fingerprint density at radius 2 is 1.04 bits per heavy atom. The number of hydrogen-bond acceptors (Lipinski definition) is 6. The fourth-order valence-corrected chi connectivity index (χ4v) is 7.67. The van der Waals surface area contributed by atoms with Gasteiger partial charge in [-0.1, -0.05) is 115 Å². The van der Waals surface area contributed by atoms with E-state index in [0.29, 0.717) is 17.5 Å². The molecule has 52 heavy (non-hydrogen) atoms. The Morgan fingerprint density at radius 3 is 1.96 bits per heavy atom. The second-order valence-corrected chi connectivity index (χ2v) is 13.0. The number of para-hydroxylation sites is 1. The van der Waals surface area contributed by atoms with Crippen molar-refractivity contribution in [3.63, 3.8) is 0 Å². The minimum atomic E-state index is 0.596. The van der Waals surface area contributed by atoms with E-state index in [1.54, 1.807) is 6.20 Å². The third-order valence-electron chi connectivity index (χ3n) is 10.0. The molecule has 0 bridgehead atoms. The van der Waals surface area contributed by atoms with Crippen LogP contribution in [-0.4, -0.2) is 19.9 Å². The number of aromatic nitrogens is 4. The van der Waals surface area contributed by atoms with Gasteiger partial charge in [0.05, 0.1) is 0 Å². The largest absolute Gasteiger partial charge is 0.456 e. The van der Waals surface area contributed by atoms with Gasteiger partial charge >= 0.3 is 0 Å². The third-order valence-corrected chi connectivity index (χ3v) is 10.0. The molecule has 11 aromatic rings. The Morgan fingerprint density at radius 1 is 0.365 bits per heavy atom. The van der Waals surface area contributed by atoms with E-state index in [0.717, 1.165) is 93.2 Å².